The number of nitrogens with one attached hydrogen (secondary N) is 2. The van der Waals surface area contributed by atoms with Gasteiger partial charge in [-0.05, 0) is 24.6 Å². The molecule has 0 atom stereocenters. The summed E-state index contributed by atoms with van der Waals surface area (Å²) >= 11 is 0. The molecule has 2 aliphatic rings. The number of hydrogen-bond donors (Lipinski definition) is 2. The third kappa shape index (κ3) is 3.69. The van der Waals surface area contributed by atoms with E-state index in [9.17, 15) is 9.59 Å². The monoisotopic (exact) mass is 436 g/mol. The lowest BCUT2D eigenvalue weighted by molar-refractivity contribution is 0.102. The van der Waals surface area contributed by atoms with Crippen LogP contribution in [0.1, 0.15) is 27.2 Å². The molecule has 2 N–H and O–H groups in total. The first-order valence-corrected chi connectivity index (χ1v) is 10.5. The molecule has 2 aromatic heterocycles. The summed E-state index contributed by atoms with van der Waals surface area (Å²) in [6.45, 7) is 5.28. The Morgan fingerprint density at radius 1 is 1.16 bits per heavy atom. The van der Waals surface area contributed by atoms with Gasteiger partial charge in [0.15, 0.2) is 0 Å². The van der Waals surface area contributed by atoms with Crippen molar-refractivity contribution in [1.29, 1.82) is 0 Å². The number of morpholine rings is 1. The summed E-state index contributed by atoms with van der Waals surface area (Å²) in [6, 6.07) is 6.93. The minimum atomic E-state index is -0.267. The topological polar surface area (TPSA) is 106 Å². The molecule has 9 nitrogen and oxygen atoms in total. The third-order valence-electron chi connectivity index (χ3n) is 5.82. The molecule has 9 heteroatoms. The molecule has 166 valence electrons. The highest BCUT2D eigenvalue weighted by molar-refractivity contribution is 6.09. The van der Waals surface area contributed by atoms with Gasteiger partial charge in [0, 0.05) is 41.9 Å². The first kappa shape index (κ1) is 20.5. The number of amides is 1. The summed E-state index contributed by atoms with van der Waals surface area (Å²) in [5, 5.41) is 3.79. The van der Waals surface area contributed by atoms with Crippen molar-refractivity contribution in [2.75, 3.05) is 43.6 Å². The Labute approximate surface area is 184 Å². The number of nitrogens with zero attached hydrogens (tertiary/aromatic N) is 2. The van der Waals surface area contributed by atoms with Gasteiger partial charge in [0.05, 0.1) is 50.3 Å². The van der Waals surface area contributed by atoms with Crippen LogP contribution in [-0.4, -0.2) is 49.3 Å². The number of aromatic nitrogens is 2. The first-order valence-electron chi connectivity index (χ1n) is 10.5. The Kier molecular flexibility index (Phi) is 5.28. The van der Waals surface area contributed by atoms with Gasteiger partial charge in [0.1, 0.15) is 11.6 Å². The van der Waals surface area contributed by atoms with Gasteiger partial charge in [0.25, 0.3) is 5.91 Å². The van der Waals surface area contributed by atoms with Crippen molar-refractivity contribution < 1.29 is 19.0 Å². The molecule has 0 radical (unpaired) electrons. The number of pyridine rings is 2. The fraction of sp³-hybridized carbons (Fsp3) is 0.348. The second-order valence-corrected chi connectivity index (χ2v) is 7.93. The summed E-state index contributed by atoms with van der Waals surface area (Å²) in [5.41, 5.74) is 4.05. The van der Waals surface area contributed by atoms with Gasteiger partial charge < -0.3 is 29.4 Å². The zero-order valence-corrected chi connectivity index (χ0v) is 18.0. The van der Waals surface area contributed by atoms with Gasteiger partial charge in [-0.15, -0.1) is 0 Å². The Bertz CT molecular complexity index is 1260. The number of aryl methyl sites for hydroxylation is 1. The molecule has 0 spiro atoms. The second-order valence-electron chi connectivity index (χ2n) is 7.93. The lowest BCUT2D eigenvalue weighted by Gasteiger charge is -2.29. The summed E-state index contributed by atoms with van der Waals surface area (Å²) in [5.74, 6) is 0.855. The molecule has 0 aliphatic carbocycles. The normalized spacial score (nSPS) is 15.6. The van der Waals surface area contributed by atoms with Crippen LogP contribution in [0.4, 0.5) is 11.5 Å². The van der Waals surface area contributed by atoms with E-state index in [0.29, 0.717) is 67.9 Å². The molecule has 1 saturated heterocycles. The van der Waals surface area contributed by atoms with E-state index in [0.717, 1.165) is 22.2 Å². The van der Waals surface area contributed by atoms with E-state index in [1.807, 2.05) is 19.1 Å². The van der Waals surface area contributed by atoms with E-state index < -0.39 is 0 Å². The van der Waals surface area contributed by atoms with E-state index >= 15 is 0 Å². The SMILES string of the molecule is COc1cc(NC(=O)c2cc3c(nc2N2CCOCC2)COC3)cc2c(C)cc(=O)[nH]c12. The maximum atomic E-state index is 13.4. The molecule has 1 fully saturated rings. The summed E-state index contributed by atoms with van der Waals surface area (Å²) in [6.07, 6.45) is 0. The average molecular weight is 436 g/mol. The number of carbonyl (C=O) groups is 1. The van der Waals surface area contributed by atoms with Crippen LogP contribution in [-0.2, 0) is 22.7 Å². The van der Waals surface area contributed by atoms with Crippen molar-refractivity contribution in [3.63, 3.8) is 0 Å². The zero-order valence-electron chi connectivity index (χ0n) is 18.0. The van der Waals surface area contributed by atoms with Gasteiger partial charge in [-0.2, -0.15) is 0 Å². The molecule has 3 aromatic rings. The van der Waals surface area contributed by atoms with Gasteiger partial charge in [0.2, 0.25) is 5.56 Å². The predicted octanol–water partition coefficient (Wildman–Crippen LogP) is 2.36. The molecule has 1 aromatic carbocycles. The largest absolute Gasteiger partial charge is 0.494 e. The molecule has 0 saturated carbocycles. The number of benzene rings is 1. The van der Waals surface area contributed by atoms with Crippen LogP contribution in [0.25, 0.3) is 10.9 Å². The zero-order chi connectivity index (χ0) is 22.2. The smallest absolute Gasteiger partial charge is 0.259 e. The second kappa shape index (κ2) is 8.25. The Hall–Kier alpha value is -3.43. The molecule has 4 heterocycles. The van der Waals surface area contributed by atoms with Crippen molar-refractivity contribution in [2.45, 2.75) is 20.1 Å². The summed E-state index contributed by atoms with van der Waals surface area (Å²) < 4.78 is 16.5. The van der Waals surface area contributed by atoms with E-state index in [-0.39, 0.29) is 11.5 Å². The lowest BCUT2D eigenvalue weighted by atomic mass is 10.1. The number of methoxy groups -OCH3 is 1. The molecule has 2 aliphatic heterocycles. The number of anilines is 2. The molecular weight excluding hydrogens is 412 g/mol. The van der Waals surface area contributed by atoms with Crippen LogP contribution in [0.5, 0.6) is 5.75 Å². The van der Waals surface area contributed by atoms with Crippen molar-refractivity contribution in [1.82, 2.24) is 9.97 Å². The number of rotatable bonds is 4. The van der Waals surface area contributed by atoms with E-state index in [1.165, 1.54) is 13.2 Å². The highest BCUT2D eigenvalue weighted by atomic mass is 16.5. The number of carbonyl (C=O) groups excluding carboxylic acids is 1. The number of hydrogen-bond acceptors (Lipinski definition) is 7. The maximum absolute atomic E-state index is 13.4. The van der Waals surface area contributed by atoms with Crippen LogP contribution in [0.2, 0.25) is 0 Å². The number of ether oxygens (including phenoxy) is 3. The van der Waals surface area contributed by atoms with Crippen molar-refractivity contribution in [2.24, 2.45) is 0 Å². The Morgan fingerprint density at radius 3 is 2.75 bits per heavy atom. The quantitative estimate of drug-likeness (QED) is 0.647. The standard InChI is InChI=1S/C23H24N4O5/c1-13-7-20(28)26-21-16(13)9-15(10-19(21)30-2)24-23(29)17-8-14-11-32-12-18(14)25-22(17)27-3-5-31-6-4-27/h7-10H,3-6,11-12H2,1-2H3,(H,24,29)(H,26,28). The predicted molar refractivity (Wildman–Crippen MR) is 120 cm³/mol. The average Bonchev–Trinajstić information content (AvgIpc) is 3.26. The summed E-state index contributed by atoms with van der Waals surface area (Å²) in [7, 11) is 1.53. The van der Waals surface area contributed by atoms with E-state index in [1.54, 1.807) is 6.07 Å². The molecule has 0 bridgehead atoms. The lowest BCUT2D eigenvalue weighted by Crippen LogP contribution is -2.38. The summed E-state index contributed by atoms with van der Waals surface area (Å²) in [4.78, 5) is 34.9. The molecular formula is C23H24N4O5. The maximum Gasteiger partial charge on any atom is 0.259 e. The highest BCUT2D eigenvalue weighted by Gasteiger charge is 2.25. The molecule has 1 amide bonds. The van der Waals surface area contributed by atoms with Crippen molar-refractivity contribution in [3.8, 4) is 5.75 Å². The minimum absolute atomic E-state index is 0.202. The van der Waals surface area contributed by atoms with Gasteiger partial charge in [-0.25, -0.2) is 4.98 Å². The Morgan fingerprint density at radius 2 is 1.97 bits per heavy atom. The minimum Gasteiger partial charge on any atom is -0.494 e. The third-order valence-corrected chi connectivity index (χ3v) is 5.82. The van der Waals surface area contributed by atoms with Crippen LogP contribution < -0.4 is 20.5 Å². The Balaban J connectivity index is 1.54. The van der Waals surface area contributed by atoms with Gasteiger partial charge >= 0.3 is 0 Å². The fourth-order valence-electron chi connectivity index (χ4n) is 4.19. The van der Waals surface area contributed by atoms with E-state index in [4.69, 9.17) is 19.2 Å². The van der Waals surface area contributed by atoms with Crippen LogP contribution in [0.15, 0.2) is 29.1 Å². The number of aromatic amines is 1. The fourth-order valence-corrected chi connectivity index (χ4v) is 4.19. The number of H-pyrrole nitrogens is 1. The van der Waals surface area contributed by atoms with Crippen molar-refractivity contribution >= 4 is 28.3 Å². The van der Waals surface area contributed by atoms with Crippen molar-refractivity contribution in [3.05, 3.63) is 57.0 Å². The first-order chi connectivity index (χ1) is 15.5. The number of fused-ring (bicyclic) bond motifs is 2. The van der Waals surface area contributed by atoms with E-state index in [2.05, 4.69) is 15.2 Å². The molecule has 5 rings (SSSR count). The molecule has 32 heavy (non-hydrogen) atoms. The van der Waals surface area contributed by atoms with Crippen LogP contribution in [0.3, 0.4) is 0 Å². The van der Waals surface area contributed by atoms with Crippen LogP contribution >= 0.6 is 0 Å². The highest BCUT2D eigenvalue weighted by Crippen LogP contribution is 2.31. The van der Waals surface area contributed by atoms with Crippen LogP contribution in [0, 0.1) is 6.92 Å². The molecule has 0 unspecified atom stereocenters. The van der Waals surface area contributed by atoms with Gasteiger partial charge in [-0.3, -0.25) is 9.59 Å². The van der Waals surface area contributed by atoms with Gasteiger partial charge in [-0.1, -0.05) is 0 Å².